The number of hydrogen-bond donors (Lipinski definition) is 2. The van der Waals surface area contributed by atoms with Crippen LogP contribution in [0.3, 0.4) is 0 Å². The van der Waals surface area contributed by atoms with Crippen molar-refractivity contribution in [2.75, 3.05) is 17.7 Å². The summed E-state index contributed by atoms with van der Waals surface area (Å²) in [5.74, 6) is -0.821. The summed E-state index contributed by atoms with van der Waals surface area (Å²) in [5, 5.41) is 2.63. The lowest BCUT2D eigenvalue weighted by molar-refractivity contribution is 0.102. The Balaban J connectivity index is 2.25. The predicted octanol–water partition coefficient (Wildman–Crippen LogP) is 4.10. The van der Waals surface area contributed by atoms with Crippen LogP contribution < -0.4 is 15.8 Å². The molecular weight excluding hydrogens is 307 g/mol. The van der Waals surface area contributed by atoms with E-state index in [0.717, 1.165) is 12.5 Å². The lowest BCUT2D eigenvalue weighted by Gasteiger charge is -2.12. The standard InChI is InChI=1S/C16H16ClFN2O2/c1-2-7-22-15-9-14(12(18)8-11(15)17)20-16(21)10-5-3-4-6-13(10)19/h3-6,8-9H,2,7,19H2,1H3,(H,20,21). The third-order valence-electron chi connectivity index (χ3n) is 2.94. The average Bonchev–Trinajstić information content (AvgIpc) is 2.49. The second-order valence-electron chi connectivity index (χ2n) is 4.65. The van der Waals surface area contributed by atoms with Crippen molar-refractivity contribution in [3.05, 3.63) is 52.8 Å². The fraction of sp³-hybridized carbons (Fsp3) is 0.188. The number of ether oxygens (including phenoxy) is 1. The summed E-state index contributed by atoms with van der Waals surface area (Å²) in [4.78, 5) is 12.2. The van der Waals surface area contributed by atoms with Gasteiger partial charge in [0.1, 0.15) is 11.6 Å². The zero-order valence-corrected chi connectivity index (χ0v) is 12.8. The number of benzene rings is 2. The fourth-order valence-electron chi connectivity index (χ4n) is 1.84. The molecule has 0 unspecified atom stereocenters. The zero-order valence-electron chi connectivity index (χ0n) is 12.0. The monoisotopic (exact) mass is 322 g/mol. The topological polar surface area (TPSA) is 64.3 Å². The van der Waals surface area contributed by atoms with Crippen molar-refractivity contribution in [1.29, 1.82) is 0 Å². The minimum absolute atomic E-state index is 0.0104. The Bertz CT molecular complexity index is 692. The molecule has 0 fully saturated rings. The van der Waals surface area contributed by atoms with Crippen LogP contribution in [0.5, 0.6) is 5.75 Å². The highest BCUT2D eigenvalue weighted by molar-refractivity contribution is 6.32. The van der Waals surface area contributed by atoms with Crippen molar-refractivity contribution in [2.45, 2.75) is 13.3 Å². The second kappa shape index (κ2) is 7.13. The predicted molar refractivity (Wildman–Crippen MR) is 86.0 cm³/mol. The maximum Gasteiger partial charge on any atom is 0.257 e. The number of nitrogens with one attached hydrogen (secondary N) is 1. The van der Waals surface area contributed by atoms with Gasteiger partial charge in [0, 0.05) is 11.8 Å². The summed E-state index contributed by atoms with van der Waals surface area (Å²) in [6, 6.07) is 9.03. The van der Waals surface area contributed by atoms with Gasteiger partial charge in [0.25, 0.3) is 5.91 Å². The smallest absolute Gasteiger partial charge is 0.257 e. The molecule has 1 amide bonds. The highest BCUT2D eigenvalue weighted by atomic mass is 35.5. The fourth-order valence-corrected chi connectivity index (χ4v) is 2.05. The van der Waals surface area contributed by atoms with Gasteiger partial charge in [-0.3, -0.25) is 4.79 Å². The summed E-state index contributed by atoms with van der Waals surface area (Å²) < 4.78 is 19.4. The maximum absolute atomic E-state index is 13.9. The van der Waals surface area contributed by atoms with Crippen molar-refractivity contribution in [3.8, 4) is 5.75 Å². The first-order valence-electron chi connectivity index (χ1n) is 6.80. The SMILES string of the molecule is CCCOc1cc(NC(=O)c2ccccc2N)c(F)cc1Cl. The summed E-state index contributed by atoms with van der Waals surface area (Å²) in [6.45, 7) is 2.39. The van der Waals surface area contributed by atoms with E-state index in [1.165, 1.54) is 6.07 Å². The van der Waals surface area contributed by atoms with Gasteiger partial charge in [0.2, 0.25) is 0 Å². The molecule has 0 saturated heterocycles. The van der Waals surface area contributed by atoms with E-state index in [9.17, 15) is 9.18 Å². The molecule has 0 aliphatic rings. The number of nitrogens with two attached hydrogens (primary N) is 1. The molecule has 0 spiro atoms. The number of anilines is 2. The number of hydrogen-bond acceptors (Lipinski definition) is 3. The number of para-hydroxylation sites is 1. The van der Waals surface area contributed by atoms with E-state index in [-0.39, 0.29) is 16.3 Å². The summed E-state index contributed by atoms with van der Waals surface area (Å²) >= 11 is 5.92. The van der Waals surface area contributed by atoms with Gasteiger partial charge in [-0.2, -0.15) is 0 Å². The van der Waals surface area contributed by atoms with Crippen LogP contribution in [-0.4, -0.2) is 12.5 Å². The minimum Gasteiger partial charge on any atom is -0.492 e. The van der Waals surface area contributed by atoms with E-state index >= 15 is 0 Å². The largest absolute Gasteiger partial charge is 0.492 e. The number of rotatable bonds is 5. The molecular formula is C16H16ClFN2O2. The Morgan fingerprint density at radius 3 is 2.77 bits per heavy atom. The van der Waals surface area contributed by atoms with E-state index < -0.39 is 11.7 Å². The minimum atomic E-state index is -0.642. The van der Waals surface area contributed by atoms with E-state index in [0.29, 0.717) is 18.0 Å². The molecule has 0 bridgehead atoms. The van der Waals surface area contributed by atoms with E-state index in [1.807, 2.05) is 6.92 Å². The maximum atomic E-state index is 13.9. The van der Waals surface area contributed by atoms with Gasteiger partial charge >= 0.3 is 0 Å². The van der Waals surface area contributed by atoms with Crippen LogP contribution in [0.25, 0.3) is 0 Å². The Morgan fingerprint density at radius 1 is 1.36 bits per heavy atom. The van der Waals surface area contributed by atoms with Gasteiger partial charge in [-0.25, -0.2) is 4.39 Å². The van der Waals surface area contributed by atoms with Crippen molar-refractivity contribution >= 4 is 28.9 Å². The zero-order chi connectivity index (χ0) is 16.1. The Labute approximate surface area is 133 Å². The van der Waals surface area contributed by atoms with Gasteiger partial charge in [0.05, 0.1) is 22.9 Å². The normalized spacial score (nSPS) is 10.3. The average molecular weight is 323 g/mol. The Kier molecular flexibility index (Phi) is 5.22. The highest BCUT2D eigenvalue weighted by Gasteiger charge is 2.14. The van der Waals surface area contributed by atoms with Crippen LogP contribution >= 0.6 is 11.6 Å². The van der Waals surface area contributed by atoms with Crippen molar-refractivity contribution < 1.29 is 13.9 Å². The Hall–Kier alpha value is -2.27. The molecule has 2 aromatic rings. The van der Waals surface area contributed by atoms with E-state index in [4.69, 9.17) is 22.1 Å². The molecule has 2 rings (SSSR count). The molecule has 0 aliphatic carbocycles. The molecule has 0 saturated carbocycles. The molecule has 4 nitrogen and oxygen atoms in total. The van der Waals surface area contributed by atoms with E-state index in [1.54, 1.807) is 24.3 Å². The van der Waals surface area contributed by atoms with Crippen LogP contribution in [0.2, 0.25) is 5.02 Å². The molecule has 0 atom stereocenters. The second-order valence-corrected chi connectivity index (χ2v) is 5.06. The van der Waals surface area contributed by atoms with Gasteiger partial charge < -0.3 is 15.8 Å². The van der Waals surface area contributed by atoms with Gasteiger partial charge in [-0.05, 0) is 24.6 Å². The number of carbonyl (C=O) groups is 1. The van der Waals surface area contributed by atoms with Crippen LogP contribution in [0, 0.1) is 5.82 Å². The number of nitrogen functional groups attached to an aromatic ring is 1. The summed E-state index contributed by atoms with van der Waals surface area (Å²) in [6.07, 6.45) is 0.788. The number of amides is 1. The van der Waals surface area contributed by atoms with Gasteiger partial charge in [0.15, 0.2) is 0 Å². The molecule has 3 N–H and O–H groups in total. The number of halogens is 2. The quantitative estimate of drug-likeness (QED) is 0.814. The first-order chi connectivity index (χ1) is 10.5. The molecule has 0 radical (unpaired) electrons. The molecule has 116 valence electrons. The van der Waals surface area contributed by atoms with Crippen molar-refractivity contribution in [2.24, 2.45) is 0 Å². The highest BCUT2D eigenvalue weighted by Crippen LogP contribution is 2.31. The summed E-state index contributed by atoms with van der Waals surface area (Å²) in [7, 11) is 0. The summed E-state index contributed by atoms with van der Waals surface area (Å²) in [5.41, 5.74) is 6.31. The van der Waals surface area contributed by atoms with Crippen LogP contribution in [0.1, 0.15) is 23.7 Å². The third kappa shape index (κ3) is 3.68. The first kappa shape index (κ1) is 16.1. The van der Waals surface area contributed by atoms with Crippen molar-refractivity contribution in [3.63, 3.8) is 0 Å². The van der Waals surface area contributed by atoms with Gasteiger partial charge in [-0.15, -0.1) is 0 Å². The lowest BCUT2D eigenvalue weighted by atomic mass is 10.1. The molecule has 6 heteroatoms. The first-order valence-corrected chi connectivity index (χ1v) is 7.18. The molecule has 0 aliphatic heterocycles. The number of carbonyl (C=O) groups excluding carboxylic acids is 1. The molecule has 22 heavy (non-hydrogen) atoms. The van der Waals surface area contributed by atoms with Gasteiger partial charge in [-0.1, -0.05) is 30.7 Å². The van der Waals surface area contributed by atoms with Crippen LogP contribution in [-0.2, 0) is 0 Å². The molecule has 2 aromatic carbocycles. The van der Waals surface area contributed by atoms with Crippen molar-refractivity contribution in [1.82, 2.24) is 0 Å². The molecule has 0 aromatic heterocycles. The van der Waals surface area contributed by atoms with Crippen LogP contribution in [0.4, 0.5) is 15.8 Å². The lowest BCUT2D eigenvalue weighted by Crippen LogP contribution is -2.15. The van der Waals surface area contributed by atoms with E-state index in [2.05, 4.69) is 5.32 Å². The third-order valence-corrected chi connectivity index (χ3v) is 3.23. The Morgan fingerprint density at radius 2 is 2.09 bits per heavy atom. The van der Waals surface area contributed by atoms with Crippen LogP contribution in [0.15, 0.2) is 36.4 Å². The molecule has 0 heterocycles.